The molecule has 1 aromatic rings. The maximum absolute atomic E-state index is 12.4. The molecule has 1 amide bonds. The Kier molecular flexibility index (Phi) is 4.15. The Morgan fingerprint density at radius 2 is 2.05 bits per heavy atom. The quantitative estimate of drug-likeness (QED) is 0.590. The topological polar surface area (TPSA) is 46.6 Å². The zero-order valence-electron chi connectivity index (χ0n) is 13.7. The van der Waals surface area contributed by atoms with Crippen molar-refractivity contribution in [1.29, 1.82) is 0 Å². The molecule has 1 heterocycles. The van der Waals surface area contributed by atoms with Gasteiger partial charge in [0.2, 0.25) is 0 Å². The van der Waals surface area contributed by atoms with Crippen LogP contribution >= 0.6 is 7.14 Å². The van der Waals surface area contributed by atoms with E-state index in [1.807, 2.05) is 32.9 Å². The van der Waals surface area contributed by atoms with Crippen LogP contribution in [-0.4, -0.2) is 31.1 Å². The van der Waals surface area contributed by atoms with E-state index in [1.165, 1.54) is 4.90 Å². The van der Waals surface area contributed by atoms with Crippen LogP contribution in [0, 0.1) is 12.3 Å². The van der Waals surface area contributed by atoms with Crippen molar-refractivity contribution < 1.29 is 14.1 Å². The van der Waals surface area contributed by atoms with E-state index in [0.29, 0.717) is 6.42 Å². The van der Waals surface area contributed by atoms with Gasteiger partial charge in [-0.25, -0.2) is 4.79 Å². The number of rotatable bonds is 1. The van der Waals surface area contributed by atoms with Gasteiger partial charge in [0.15, 0.2) is 0 Å². The summed E-state index contributed by atoms with van der Waals surface area (Å²) in [5.41, 5.74) is 1.10. The molecule has 1 aromatic carbocycles. The number of amides is 1. The summed E-state index contributed by atoms with van der Waals surface area (Å²) in [5.74, 6) is 2.64. The standard InChI is InChI=1S/C17H22NO3P/c1-7-13-10-12-11-14(22(5,6)20)8-9-15(12)18(13)16(19)21-17(2,3)4/h1,8-9,11,13H,10H2,2-6H3/t13-/m0/s1. The number of hydrogen-bond acceptors (Lipinski definition) is 3. The van der Waals surface area contributed by atoms with Crippen LogP contribution in [0.15, 0.2) is 18.2 Å². The number of ether oxygens (including phenoxy) is 1. The summed E-state index contributed by atoms with van der Waals surface area (Å²) in [6.45, 7) is 8.92. The zero-order chi connectivity index (χ0) is 16.7. The molecule has 118 valence electrons. The summed E-state index contributed by atoms with van der Waals surface area (Å²) in [6, 6.07) is 5.14. The molecule has 0 bridgehead atoms. The van der Waals surface area contributed by atoms with Crippen LogP contribution in [-0.2, 0) is 15.7 Å². The van der Waals surface area contributed by atoms with Crippen LogP contribution in [0.4, 0.5) is 10.5 Å². The SMILES string of the molecule is C#C[C@H]1Cc2cc(P(C)(C)=O)ccc2N1C(=O)OC(C)(C)C. The monoisotopic (exact) mass is 319 g/mol. The Bertz CT molecular complexity index is 691. The average molecular weight is 319 g/mol. The third-order valence-corrected chi connectivity index (χ3v) is 4.97. The lowest BCUT2D eigenvalue weighted by atomic mass is 10.1. The van der Waals surface area contributed by atoms with Crippen LogP contribution in [0.3, 0.4) is 0 Å². The average Bonchev–Trinajstić information content (AvgIpc) is 2.72. The third-order valence-electron chi connectivity index (χ3n) is 3.45. The first-order valence-corrected chi connectivity index (χ1v) is 9.80. The molecular formula is C17H22NO3P. The number of fused-ring (bicyclic) bond motifs is 1. The lowest BCUT2D eigenvalue weighted by Crippen LogP contribution is -2.40. The maximum Gasteiger partial charge on any atom is 0.415 e. The predicted octanol–water partition coefficient (Wildman–Crippen LogP) is 3.23. The summed E-state index contributed by atoms with van der Waals surface area (Å²) in [7, 11) is -2.34. The molecule has 1 aliphatic rings. The molecule has 0 fully saturated rings. The van der Waals surface area contributed by atoms with Crippen LogP contribution in [0.1, 0.15) is 26.3 Å². The fraction of sp³-hybridized carbons (Fsp3) is 0.471. The highest BCUT2D eigenvalue weighted by Gasteiger charge is 2.36. The highest BCUT2D eigenvalue weighted by molar-refractivity contribution is 7.70. The van der Waals surface area contributed by atoms with Crippen LogP contribution < -0.4 is 10.2 Å². The first-order chi connectivity index (χ1) is 10.0. The van der Waals surface area contributed by atoms with Crippen molar-refractivity contribution in [2.45, 2.75) is 38.8 Å². The van der Waals surface area contributed by atoms with Crippen LogP contribution in [0.2, 0.25) is 0 Å². The van der Waals surface area contributed by atoms with Gasteiger partial charge in [-0.2, -0.15) is 0 Å². The minimum Gasteiger partial charge on any atom is -0.443 e. The molecule has 0 aliphatic carbocycles. The van der Waals surface area contributed by atoms with Crippen molar-refractivity contribution in [1.82, 2.24) is 0 Å². The number of carbonyl (C=O) groups is 1. The van der Waals surface area contributed by atoms with Gasteiger partial charge in [0.1, 0.15) is 18.8 Å². The first-order valence-electron chi connectivity index (χ1n) is 7.20. The molecule has 1 atom stereocenters. The largest absolute Gasteiger partial charge is 0.443 e. The second-order valence-corrected chi connectivity index (χ2v) is 10.1. The van der Waals surface area contributed by atoms with E-state index >= 15 is 0 Å². The number of carbonyl (C=O) groups excluding carboxylic acids is 1. The summed E-state index contributed by atoms with van der Waals surface area (Å²) < 4.78 is 17.7. The molecule has 0 spiro atoms. The molecule has 0 saturated heterocycles. The number of nitrogens with zero attached hydrogens (tertiary/aromatic N) is 1. The second kappa shape index (κ2) is 5.48. The summed E-state index contributed by atoms with van der Waals surface area (Å²) in [5, 5.41) is 0.799. The predicted molar refractivity (Wildman–Crippen MR) is 90.6 cm³/mol. The normalized spacial score (nSPS) is 17.8. The molecule has 0 radical (unpaired) electrons. The molecule has 2 rings (SSSR count). The van der Waals surface area contributed by atoms with E-state index in [2.05, 4.69) is 5.92 Å². The van der Waals surface area contributed by atoms with Gasteiger partial charge in [0.05, 0.1) is 5.69 Å². The van der Waals surface area contributed by atoms with Gasteiger partial charge in [0, 0.05) is 11.7 Å². The van der Waals surface area contributed by atoms with E-state index in [0.717, 1.165) is 16.6 Å². The Balaban J connectivity index is 2.41. The highest BCUT2D eigenvalue weighted by Crippen LogP contribution is 2.39. The van der Waals surface area contributed by atoms with Crippen molar-refractivity contribution in [3.63, 3.8) is 0 Å². The Hall–Kier alpha value is -1.72. The molecule has 0 unspecified atom stereocenters. The van der Waals surface area contributed by atoms with Crippen molar-refractivity contribution in [3.05, 3.63) is 23.8 Å². The fourth-order valence-corrected chi connectivity index (χ4v) is 3.34. The van der Waals surface area contributed by atoms with Crippen LogP contribution in [0.25, 0.3) is 0 Å². The van der Waals surface area contributed by atoms with Crippen LogP contribution in [0.5, 0.6) is 0 Å². The van der Waals surface area contributed by atoms with Crippen molar-refractivity contribution in [2.24, 2.45) is 0 Å². The molecule has 5 heteroatoms. The number of terminal acetylenes is 1. The van der Waals surface area contributed by atoms with Gasteiger partial charge in [0.25, 0.3) is 0 Å². The molecule has 4 nitrogen and oxygen atoms in total. The first kappa shape index (κ1) is 16.6. The van der Waals surface area contributed by atoms with E-state index < -0.39 is 18.8 Å². The number of anilines is 1. The molecule has 1 aliphatic heterocycles. The van der Waals surface area contributed by atoms with E-state index in [-0.39, 0.29) is 6.04 Å². The van der Waals surface area contributed by atoms with E-state index in [1.54, 1.807) is 19.4 Å². The minimum absolute atomic E-state index is 0.367. The third kappa shape index (κ3) is 3.36. The van der Waals surface area contributed by atoms with Gasteiger partial charge in [-0.15, -0.1) is 6.42 Å². The lowest BCUT2D eigenvalue weighted by Gasteiger charge is -2.27. The lowest BCUT2D eigenvalue weighted by molar-refractivity contribution is 0.0577. The maximum atomic E-state index is 12.4. The van der Waals surface area contributed by atoms with Gasteiger partial charge in [-0.3, -0.25) is 4.90 Å². The van der Waals surface area contributed by atoms with E-state index in [9.17, 15) is 9.36 Å². The molecule has 0 saturated carbocycles. The molecule has 22 heavy (non-hydrogen) atoms. The number of benzene rings is 1. The molecular weight excluding hydrogens is 297 g/mol. The zero-order valence-corrected chi connectivity index (χ0v) is 14.6. The Labute approximate surface area is 132 Å². The van der Waals surface area contributed by atoms with Crippen molar-refractivity contribution in [3.8, 4) is 12.3 Å². The summed E-state index contributed by atoms with van der Waals surface area (Å²) >= 11 is 0. The second-order valence-electron chi connectivity index (χ2n) is 6.90. The Morgan fingerprint density at radius 3 is 2.55 bits per heavy atom. The molecule has 0 N–H and O–H groups in total. The Morgan fingerprint density at radius 1 is 1.41 bits per heavy atom. The summed E-state index contributed by atoms with van der Waals surface area (Å²) in [6.07, 6.45) is 5.68. The smallest absolute Gasteiger partial charge is 0.415 e. The minimum atomic E-state index is -2.34. The van der Waals surface area contributed by atoms with Gasteiger partial charge in [-0.05, 0) is 57.9 Å². The highest BCUT2D eigenvalue weighted by atomic mass is 31.2. The van der Waals surface area contributed by atoms with Crippen molar-refractivity contribution in [2.75, 3.05) is 18.2 Å². The number of hydrogen-bond donors (Lipinski definition) is 0. The van der Waals surface area contributed by atoms with Gasteiger partial charge < -0.3 is 9.30 Å². The molecule has 0 aromatic heterocycles. The van der Waals surface area contributed by atoms with E-state index in [4.69, 9.17) is 11.2 Å². The van der Waals surface area contributed by atoms with Gasteiger partial charge in [-0.1, -0.05) is 5.92 Å². The summed E-state index contributed by atoms with van der Waals surface area (Å²) in [4.78, 5) is 13.9. The van der Waals surface area contributed by atoms with Crippen molar-refractivity contribution >= 4 is 24.2 Å². The fourth-order valence-electron chi connectivity index (χ4n) is 2.44. The van der Waals surface area contributed by atoms with Gasteiger partial charge >= 0.3 is 6.09 Å².